The minimum absolute atomic E-state index is 0.225. The van der Waals surface area contributed by atoms with Crippen LogP contribution in [0.5, 0.6) is 0 Å². The van der Waals surface area contributed by atoms with E-state index in [-0.39, 0.29) is 17.7 Å². The van der Waals surface area contributed by atoms with Crippen molar-refractivity contribution in [3.63, 3.8) is 0 Å². The molecule has 0 heterocycles. The first-order valence-electron chi connectivity index (χ1n) is 8.67. The fraction of sp³-hybridized carbons (Fsp3) is 0.0455. The zero-order valence-electron chi connectivity index (χ0n) is 15.2. The zero-order valence-corrected chi connectivity index (χ0v) is 15.2. The van der Waals surface area contributed by atoms with Crippen molar-refractivity contribution >= 4 is 29.1 Å². The summed E-state index contributed by atoms with van der Waals surface area (Å²) in [6.45, 7) is 0. The Bertz CT molecular complexity index is 999. The Morgan fingerprint density at radius 1 is 0.607 bits per heavy atom. The van der Waals surface area contributed by atoms with Crippen LogP contribution in [0.2, 0.25) is 0 Å². The molecule has 6 heteroatoms. The van der Waals surface area contributed by atoms with E-state index in [1.807, 2.05) is 6.07 Å². The lowest BCUT2D eigenvalue weighted by atomic mass is 10.1. The molecular weight excluding hydrogens is 354 g/mol. The lowest BCUT2D eigenvalue weighted by molar-refractivity contribution is 0.0963. The quantitative estimate of drug-likeness (QED) is 0.639. The van der Waals surface area contributed by atoms with Crippen LogP contribution in [-0.4, -0.2) is 24.8 Å². The van der Waals surface area contributed by atoms with Crippen LogP contribution in [0, 0.1) is 0 Å². The van der Waals surface area contributed by atoms with Crippen molar-refractivity contribution in [2.24, 2.45) is 0 Å². The van der Waals surface area contributed by atoms with Gasteiger partial charge in [0.25, 0.3) is 17.7 Å². The third kappa shape index (κ3) is 4.42. The molecule has 0 saturated heterocycles. The van der Waals surface area contributed by atoms with Gasteiger partial charge in [0.05, 0.1) is 11.3 Å². The molecule has 0 fully saturated rings. The zero-order chi connectivity index (χ0) is 19.9. The Morgan fingerprint density at radius 3 is 1.86 bits per heavy atom. The predicted molar refractivity (Wildman–Crippen MR) is 109 cm³/mol. The molecule has 0 bridgehead atoms. The average Bonchev–Trinajstić information content (AvgIpc) is 2.74. The molecule has 3 aromatic carbocycles. The molecule has 0 aromatic heterocycles. The normalized spacial score (nSPS) is 10.0. The number of rotatable bonds is 5. The molecule has 0 radical (unpaired) electrons. The fourth-order valence-corrected chi connectivity index (χ4v) is 2.62. The number of carbonyl (C=O) groups excluding carboxylic acids is 3. The summed E-state index contributed by atoms with van der Waals surface area (Å²) in [6.07, 6.45) is 0. The van der Waals surface area contributed by atoms with Crippen molar-refractivity contribution in [2.75, 3.05) is 17.7 Å². The summed E-state index contributed by atoms with van der Waals surface area (Å²) in [5.41, 5.74) is 2.34. The molecule has 0 unspecified atom stereocenters. The highest BCUT2D eigenvalue weighted by Gasteiger charge is 2.13. The van der Waals surface area contributed by atoms with Gasteiger partial charge in [-0.05, 0) is 48.5 Å². The van der Waals surface area contributed by atoms with E-state index in [9.17, 15) is 14.4 Å². The van der Waals surface area contributed by atoms with Crippen LogP contribution in [0.25, 0.3) is 0 Å². The van der Waals surface area contributed by atoms with Gasteiger partial charge in [-0.25, -0.2) is 0 Å². The van der Waals surface area contributed by atoms with Gasteiger partial charge >= 0.3 is 0 Å². The SMILES string of the molecule is CNC(=O)c1ccccc1NC(=O)c1ccc(NC(=O)c2ccccc2)cc1. The van der Waals surface area contributed by atoms with Gasteiger partial charge < -0.3 is 16.0 Å². The Balaban J connectivity index is 1.69. The Kier molecular flexibility index (Phi) is 5.81. The first-order valence-corrected chi connectivity index (χ1v) is 8.67. The van der Waals surface area contributed by atoms with Crippen molar-refractivity contribution in [3.8, 4) is 0 Å². The average molecular weight is 373 g/mol. The van der Waals surface area contributed by atoms with Crippen LogP contribution in [-0.2, 0) is 0 Å². The van der Waals surface area contributed by atoms with Gasteiger partial charge in [-0.2, -0.15) is 0 Å². The maximum atomic E-state index is 12.5. The molecule has 3 rings (SSSR count). The number of amides is 3. The highest BCUT2D eigenvalue weighted by molar-refractivity contribution is 6.09. The molecule has 0 atom stereocenters. The summed E-state index contributed by atoms with van der Waals surface area (Å²) in [7, 11) is 1.53. The minimum atomic E-state index is -0.350. The molecule has 0 aliphatic carbocycles. The highest BCUT2D eigenvalue weighted by Crippen LogP contribution is 2.17. The fourth-order valence-electron chi connectivity index (χ4n) is 2.62. The molecule has 6 nitrogen and oxygen atoms in total. The van der Waals surface area contributed by atoms with Gasteiger partial charge in [-0.15, -0.1) is 0 Å². The predicted octanol–water partition coefficient (Wildman–Crippen LogP) is 3.55. The topological polar surface area (TPSA) is 87.3 Å². The molecule has 140 valence electrons. The first kappa shape index (κ1) is 18.8. The van der Waals surface area contributed by atoms with Crippen LogP contribution in [0.4, 0.5) is 11.4 Å². The van der Waals surface area contributed by atoms with E-state index in [0.29, 0.717) is 28.1 Å². The van der Waals surface area contributed by atoms with E-state index in [2.05, 4.69) is 16.0 Å². The van der Waals surface area contributed by atoms with Gasteiger partial charge in [0.1, 0.15) is 0 Å². The standard InChI is InChI=1S/C22H19N3O3/c1-23-22(28)18-9-5-6-10-19(18)25-21(27)16-11-13-17(14-12-16)24-20(26)15-7-3-2-4-8-15/h2-14H,1H3,(H,23,28)(H,24,26)(H,25,27). The number of hydrogen-bond acceptors (Lipinski definition) is 3. The van der Waals surface area contributed by atoms with Crippen LogP contribution in [0.15, 0.2) is 78.9 Å². The van der Waals surface area contributed by atoms with E-state index in [1.54, 1.807) is 72.8 Å². The molecule has 3 aromatic rings. The Labute approximate surface area is 162 Å². The molecule has 3 amide bonds. The summed E-state index contributed by atoms with van der Waals surface area (Å²) in [4.78, 5) is 36.6. The Morgan fingerprint density at radius 2 is 1.18 bits per heavy atom. The second-order valence-electron chi connectivity index (χ2n) is 5.98. The smallest absolute Gasteiger partial charge is 0.255 e. The first-order chi connectivity index (χ1) is 13.6. The van der Waals surface area contributed by atoms with Gasteiger partial charge in [0, 0.05) is 23.9 Å². The summed E-state index contributed by atoms with van der Waals surface area (Å²) < 4.78 is 0. The molecule has 0 aliphatic heterocycles. The summed E-state index contributed by atoms with van der Waals surface area (Å²) in [5, 5.41) is 8.07. The molecule has 28 heavy (non-hydrogen) atoms. The number of para-hydroxylation sites is 1. The summed E-state index contributed by atoms with van der Waals surface area (Å²) in [6, 6.07) is 22.2. The molecule has 3 N–H and O–H groups in total. The van der Waals surface area contributed by atoms with Crippen LogP contribution in [0.3, 0.4) is 0 Å². The largest absolute Gasteiger partial charge is 0.355 e. The number of anilines is 2. The van der Waals surface area contributed by atoms with E-state index >= 15 is 0 Å². The van der Waals surface area contributed by atoms with Crippen LogP contribution >= 0.6 is 0 Å². The molecule has 0 spiro atoms. The monoisotopic (exact) mass is 373 g/mol. The summed E-state index contributed by atoms with van der Waals surface area (Å²) >= 11 is 0. The minimum Gasteiger partial charge on any atom is -0.355 e. The lowest BCUT2D eigenvalue weighted by Gasteiger charge is -2.11. The number of nitrogens with one attached hydrogen (secondary N) is 3. The van der Waals surface area contributed by atoms with Crippen molar-refractivity contribution in [1.29, 1.82) is 0 Å². The maximum absolute atomic E-state index is 12.5. The maximum Gasteiger partial charge on any atom is 0.255 e. The van der Waals surface area contributed by atoms with Crippen molar-refractivity contribution in [3.05, 3.63) is 95.6 Å². The van der Waals surface area contributed by atoms with Gasteiger partial charge in [0.15, 0.2) is 0 Å². The van der Waals surface area contributed by atoms with Crippen molar-refractivity contribution in [1.82, 2.24) is 5.32 Å². The van der Waals surface area contributed by atoms with Crippen molar-refractivity contribution in [2.45, 2.75) is 0 Å². The lowest BCUT2D eigenvalue weighted by Crippen LogP contribution is -2.21. The van der Waals surface area contributed by atoms with Gasteiger partial charge in [-0.3, -0.25) is 14.4 Å². The third-order valence-corrected chi connectivity index (χ3v) is 4.09. The van der Waals surface area contributed by atoms with Crippen molar-refractivity contribution < 1.29 is 14.4 Å². The van der Waals surface area contributed by atoms with E-state index in [4.69, 9.17) is 0 Å². The number of hydrogen-bond donors (Lipinski definition) is 3. The molecule has 0 aliphatic rings. The summed E-state index contributed by atoms with van der Waals surface area (Å²) in [5.74, 6) is -0.857. The number of benzene rings is 3. The van der Waals surface area contributed by atoms with E-state index in [0.717, 1.165) is 0 Å². The van der Waals surface area contributed by atoms with Gasteiger partial charge in [0.2, 0.25) is 0 Å². The highest BCUT2D eigenvalue weighted by atomic mass is 16.2. The van der Waals surface area contributed by atoms with E-state index in [1.165, 1.54) is 7.05 Å². The second kappa shape index (κ2) is 8.64. The van der Waals surface area contributed by atoms with E-state index < -0.39 is 0 Å². The molecule has 0 saturated carbocycles. The third-order valence-electron chi connectivity index (χ3n) is 4.09. The molecular formula is C22H19N3O3. The van der Waals surface area contributed by atoms with Crippen LogP contribution < -0.4 is 16.0 Å². The second-order valence-corrected chi connectivity index (χ2v) is 5.98. The Hall–Kier alpha value is -3.93. The van der Waals surface area contributed by atoms with Crippen LogP contribution in [0.1, 0.15) is 31.1 Å². The number of carbonyl (C=O) groups is 3. The van der Waals surface area contributed by atoms with Gasteiger partial charge in [-0.1, -0.05) is 30.3 Å².